The molecule has 1 N–H and O–H groups in total. The van der Waals surface area contributed by atoms with Gasteiger partial charge in [0.15, 0.2) is 11.9 Å². The number of nitrogens with zero attached hydrogens (tertiary/aromatic N) is 2. The van der Waals surface area contributed by atoms with Gasteiger partial charge in [0.2, 0.25) is 0 Å². The second-order valence-corrected chi connectivity index (χ2v) is 5.41. The molecule has 1 aliphatic carbocycles. The van der Waals surface area contributed by atoms with Crippen molar-refractivity contribution in [2.75, 3.05) is 14.2 Å². The molecular formula is C16H16N3O3+. The van der Waals surface area contributed by atoms with Gasteiger partial charge >= 0.3 is 5.88 Å². The molecule has 112 valence electrons. The number of aromatic amines is 1. The highest BCUT2D eigenvalue weighted by molar-refractivity contribution is 5.72. The Bertz CT molecular complexity index is 936. The van der Waals surface area contributed by atoms with Gasteiger partial charge in [0.25, 0.3) is 5.56 Å². The summed E-state index contributed by atoms with van der Waals surface area (Å²) in [6.45, 7) is 0. The van der Waals surface area contributed by atoms with Crippen molar-refractivity contribution >= 4 is 11.9 Å². The van der Waals surface area contributed by atoms with E-state index in [0.29, 0.717) is 11.1 Å². The number of quaternary nitrogens is 1. The third-order valence-corrected chi connectivity index (χ3v) is 4.36. The molecule has 0 aromatic carbocycles. The summed E-state index contributed by atoms with van der Waals surface area (Å²) in [5.74, 6) is 0.641. The van der Waals surface area contributed by atoms with Gasteiger partial charge in [0.05, 0.1) is 25.6 Å². The molecule has 1 aromatic heterocycles. The van der Waals surface area contributed by atoms with Crippen molar-refractivity contribution in [1.82, 2.24) is 10.2 Å². The number of allylic oxidation sites excluding steroid dienone is 3. The molecule has 22 heavy (non-hydrogen) atoms. The lowest BCUT2D eigenvalue weighted by Crippen LogP contribution is -2.45. The molecule has 3 heterocycles. The minimum absolute atomic E-state index is 0.0518. The number of fused-ring (bicyclic) bond motifs is 3. The summed E-state index contributed by atoms with van der Waals surface area (Å²) in [5, 5.41) is 7.75. The van der Waals surface area contributed by atoms with E-state index in [-0.39, 0.29) is 10.2 Å². The number of hydrogen-bond donors (Lipinski definition) is 1. The van der Waals surface area contributed by atoms with E-state index in [1.165, 1.54) is 0 Å². The van der Waals surface area contributed by atoms with Crippen molar-refractivity contribution in [3.8, 4) is 0 Å². The fraction of sp³-hybridized carbons (Fsp3) is 0.250. The summed E-state index contributed by atoms with van der Waals surface area (Å²) >= 11 is 0. The van der Waals surface area contributed by atoms with Gasteiger partial charge in [-0.05, 0) is 18.4 Å². The van der Waals surface area contributed by atoms with Crippen molar-refractivity contribution in [3.05, 3.63) is 62.2 Å². The fourth-order valence-electron chi connectivity index (χ4n) is 3.40. The molecule has 0 fully saturated rings. The highest BCUT2D eigenvalue weighted by Crippen LogP contribution is 2.43. The third kappa shape index (κ3) is 1.51. The number of rotatable bonds is 2. The third-order valence-electron chi connectivity index (χ3n) is 4.36. The molecule has 0 saturated heterocycles. The topological polar surface area (TPSA) is 64.2 Å². The van der Waals surface area contributed by atoms with Crippen LogP contribution >= 0.6 is 0 Å². The number of hydrogen-bond acceptors (Lipinski definition) is 4. The summed E-state index contributed by atoms with van der Waals surface area (Å²) in [4.78, 5) is 18.2. The van der Waals surface area contributed by atoms with Gasteiger partial charge in [-0.3, -0.25) is 4.79 Å². The first-order valence-electron chi connectivity index (χ1n) is 7.13. The number of ether oxygens (including phenoxy) is 1. The maximum absolute atomic E-state index is 12.4. The number of nitrogens with one attached hydrogen (secondary N) is 1. The molecule has 0 radical (unpaired) electrons. The van der Waals surface area contributed by atoms with Crippen LogP contribution in [0.5, 0.6) is 0 Å². The average molecular weight is 298 g/mol. The van der Waals surface area contributed by atoms with Crippen LogP contribution < -0.4 is 16.0 Å². The minimum Gasteiger partial charge on any atom is -0.452 e. The number of aromatic nitrogens is 2. The zero-order valence-electron chi connectivity index (χ0n) is 12.4. The van der Waals surface area contributed by atoms with Gasteiger partial charge in [-0.1, -0.05) is 16.8 Å². The van der Waals surface area contributed by atoms with Gasteiger partial charge in [0.1, 0.15) is 5.22 Å². The Hall–Kier alpha value is -2.44. The monoisotopic (exact) mass is 298 g/mol. The summed E-state index contributed by atoms with van der Waals surface area (Å²) in [7, 11) is 3.22. The molecule has 1 atom stereocenters. The van der Waals surface area contributed by atoms with Crippen LogP contribution in [0.15, 0.2) is 46.2 Å². The standard InChI is InChI=1S/C16H15N3O3/c1-21-13-7-10-5-3-4-6-12(10)15-14-11(8-17-18-16(14)20)9-19(13,15)22-2/h4,6-9H,3,5H2,1-2H3/p+1. The first-order chi connectivity index (χ1) is 10.7. The zero-order valence-corrected chi connectivity index (χ0v) is 12.4. The normalized spacial score (nSPS) is 25.2. The molecule has 0 amide bonds. The lowest BCUT2D eigenvalue weighted by Gasteiger charge is -2.34. The molecule has 1 aromatic rings. The van der Waals surface area contributed by atoms with E-state index in [1.54, 1.807) is 20.4 Å². The number of methoxy groups -OCH3 is 1. The van der Waals surface area contributed by atoms with Crippen molar-refractivity contribution in [1.29, 1.82) is 0 Å². The smallest absolute Gasteiger partial charge is 0.335 e. The van der Waals surface area contributed by atoms with E-state index in [0.717, 1.165) is 34.9 Å². The molecular weight excluding hydrogens is 282 g/mol. The van der Waals surface area contributed by atoms with Crippen LogP contribution in [0.2, 0.25) is 0 Å². The molecule has 3 aliphatic rings. The van der Waals surface area contributed by atoms with Crippen LogP contribution in [0.1, 0.15) is 12.8 Å². The fourth-order valence-corrected chi connectivity index (χ4v) is 3.40. The van der Waals surface area contributed by atoms with Crippen molar-refractivity contribution in [2.24, 2.45) is 0 Å². The summed E-state index contributed by atoms with van der Waals surface area (Å²) in [6.07, 6.45) is 11.6. The van der Waals surface area contributed by atoms with Gasteiger partial charge in [-0.25, -0.2) is 5.10 Å². The van der Waals surface area contributed by atoms with Crippen LogP contribution in [0, 0.1) is 0 Å². The van der Waals surface area contributed by atoms with E-state index >= 15 is 0 Å². The minimum atomic E-state index is -0.219. The number of hydroxylamine groups is 3. The molecule has 0 spiro atoms. The Morgan fingerprint density at radius 2 is 2.23 bits per heavy atom. The van der Waals surface area contributed by atoms with Crippen LogP contribution in [-0.4, -0.2) is 29.1 Å². The second kappa shape index (κ2) is 4.53. The van der Waals surface area contributed by atoms with Gasteiger partial charge < -0.3 is 4.74 Å². The quantitative estimate of drug-likeness (QED) is 0.790. The summed E-state index contributed by atoms with van der Waals surface area (Å²) < 4.78 is 5.53. The largest absolute Gasteiger partial charge is 0.452 e. The van der Waals surface area contributed by atoms with Gasteiger partial charge in [-0.2, -0.15) is 9.94 Å². The van der Waals surface area contributed by atoms with Crippen LogP contribution in [0.4, 0.5) is 0 Å². The Balaban J connectivity index is 2.21. The van der Waals surface area contributed by atoms with E-state index in [4.69, 9.17) is 9.57 Å². The first kappa shape index (κ1) is 13.2. The van der Waals surface area contributed by atoms with E-state index in [9.17, 15) is 4.79 Å². The Labute approximate surface area is 126 Å². The number of H-pyrrole nitrogens is 1. The maximum Gasteiger partial charge on any atom is 0.335 e. The maximum atomic E-state index is 12.4. The predicted octanol–water partition coefficient (Wildman–Crippen LogP) is 0.156. The Kier molecular flexibility index (Phi) is 2.72. The average Bonchev–Trinajstić information content (AvgIpc) is 2.91. The lowest BCUT2D eigenvalue weighted by molar-refractivity contribution is -0.962. The molecule has 2 aliphatic heterocycles. The van der Waals surface area contributed by atoms with Crippen molar-refractivity contribution in [3.63, 3.8) is 0 Å². The first-order valence-corrected chi connectivity index (χ1v) is 7.13. The van der Waals surface area contributed by atoms with Crippen LogP contribution in [0.25, 0.3) is 11.9 Å². The molecule has 4 rings (SSSR count). The molecule has 6 heteroatoms. The van der Waals surface area contributed by atoms with Gasteiger partial charge in [0, 0.05) is 11.6 Å². The predicted molar refractivity (Wildman–Crippen MR) is 79.7 cm³/mol. The Morgan fingerprint density at radius 1 is 1.36 bits per heavy atom. The summed E-state index contributed by atoms with van der Waals surface area (Å²) in [5.41, 5.74) is 2.77. The van der Waals surface area contributed by atoms with Crippen LogP contribution in [0.3, 0.4) is 0 Å². The lowest BCUT2D eigenvalue weighted by atomic mass is 9.92. The van der Waals surface area contributed by atoms with Gasteiger partial charge in [-0.15, -0.1) is 0 Å². The van der Waals surface area contributed by atoms with Crippen LogP contribution in [-0.2, 0) is 9.57 Å². The molecule has 6 nitrogen and oxygen atoms in total. The Morgan fingerprint density at radius 3 is 3.00 bits per heavy atom. The molecule has 0 saturated carbocycles. The zero-order chi connectivity index (χ0) is 15.3. The highest BCUT2D eigenvalue weighted by Gasteiger charge is 2.49. The van der Waals surface area contributed by atoms with E-state index in [2.05, 4.69) is 22.3 Å². The second-order valence-electron chi connectivity index (χ2n) is 5.41. The summed E-state index contributed by atoms with van der Waals surface area (Å²) in [6, 6.07) is 0. The van der Waals surface area contributed by atoms with Crippen molar-refractivity contribution in [2.45, 2.75) is 12.8 Å². The molecule has 1 unspecified atom stereocenters. The highest BCUT2D eigenvalue weighted by atomic mass is 16.7. The van der Waals surface area contributed by atoms with E-state index < -0.39 is 0 Å². The van der Waals surface area contributed by atoms with Crippen molar-refractivity contribution < 1.29 is 14.2 Å². The SMILES string of the molecule is COC1=CC2=C(C=CCC2)C2=c3c(cn[nH]c3=O)=C[N+]12OC. The molecule has 0 bridgehead atoms. The van der Waals surface area contributed by atoms with E-state index in [1.807, 2.05) is 12.3 Å².